The van der Waals surface area contributed by atoms with Gasteiger partial charge in [0.25, 0.3) is 0 Å². The summed E-state index contributed by atoms with van der Waals surface area (Å²) in [7, 11) is 1.70. The topological polar surface area (TPSA) is 12.0 Å². The molecule has 0 bridgehead atoms. The first-order valence-corrected chi connectivity index (χ1v) is 8.79. The van der Waals surface area contributed by atoms with Crippen molar-refractivity contribution in [3.63, 3.8) is 0 Å². The highest BCUT2D eigenvalue weighted by Crippen LogP contribution is 2.33. The van der Waals surface area contributed by atoms with Gasteiger partial charge in [-0.2, -0.15) is 0 Å². The highest BCUT2D eigenvalue weighted by atomic mass is 79.9. The molecule has 0 aliphatic heterocycles. The molecule has 2 rings (SSSR count). The molecule has 0 amide bonds. The number of hydrogen-bond acceptors (Lipinski definition) is 2. The predicted octanol–water partition coefficient (Wildman–Crippen LogP) is 5.54. The normalized spacial score (nSPS) is 12.4. The van der Waals surface area contributed by atoms with Gasteiger partial charge in [0.2, 0.25) is 0 Å². The fraction of sp³-hybridized carbons (Fsp3) is 0.200. The van der Waals surface area contributed by atoms with Crippen LogP contribution >= 0.6 is 43.6 Å². The molecule has 0 aliphatic carbocycles. The van der Waals surface area contributed by atoms with Crippen LogP contribution in [0.1, 0.15) is 11.6 Å². The van der Waals surface area contributed by atoms with Crippen LogP contribution in [0.5, 0.6) is 0 Å². The van der Waals surface area contributed by atoms with Crippen molar-refractivity contribution < 1.29 is 8.78 Å². The van der Waals surface area contributed by atoms with Crippen LogP contribution in [0.25, 0.3) is 0 Å². The van der Waals surface area contributed by atoms with Crippen LogP contribution in [0, 0.1) is 11.6 Å². The van der Waals surface area contributed by atoms with E-state index >= 15 is 0 Å². The third-order valence-electron chi connectivity index (χ3n) is 3.02. The summed E-state index contributed by atoms with van der Waals surface area (Å²) in [6.07, 6.45) is 0. The Kier molecular flexibility index (Phi) is 6.22. The molecule has 0 aromatic heterocycles. The minimum absolute atomic E-state index is 0.0615. The maximum absolute atomic E-state index is 14.2. The Labute approximate surface area is 143 Å². The van der Waals surface area contributed by atoms with Crippen LogP contribution in [-0.4, -0.2) is 12.8 Å². The number of rotatable bonds is 5. The molecule has 0 fully saturated rings. The van der Waals surface area contributed by atoms with Crippen LogP contribution < -0.4 is 5.32 Å². The predicted molar refractivity (Wildman–Crippen MR) is 90.7 cm³/mol. The van der Waals surface area contributed by atoms with Gasteiger partial charge in [0.05, 0.1) is 4.47 Å². The Balaban J connectivity index is 2.22. The molecule has 1 N–H and O–H groups in total. The van der Waals surface area contributed by atoms with Gasteiger partial charge in [-0.25, -0.2) is 8.78 Å². The van der Waals surface area contributed by atoms with Crippen LogP contribution in [0.2, 0.25) is 0 Å². The monoisotopic (exact) mass is 435 g/mol. The van der Waals surface area contributed by atoms with Crippen molar-refractivity contribution in [3.05, 3.63) is 62.5 Å². The number of halogens is 4. The Hall–Kier alpha value is -0.430. The average Bonchev–Trinajstić information content (AvgIpc) is 2.48. The molecule has 6 heteroatoms. The summed E-state index contributed by atoms with van der Waals surface area (Å²) in [4.78, 5) is 1.04. The molecule has 2 aromatic rings. The Bertz CT molecular complexity index is 637. The van der Waals surface area contributed by atoms with Gasteiger partial charge in [-0.05, 0) is 63.2 Å². The van der Waals surface area contributed by atoms with Gasteiger partial charge in [0, 0.05) is 26.7 Å². The molecule has 21 heavy (non-hydrogen) atoms. The van der Waals surface area contributed by atoms with Crippen molar-refractivity contribution >= 4 is 43.6 Å². The second-order valence-electron chi connectivity index (χ2n) is 4.34. The zero-order chi connectivity index (χ0) is 15.4. The Morgan fingerprint density at radius 1 is 1.10 bits per heavy atom. The largest absolute Gasteiger partial charge is 0.312 e. The van der Waals surface area contributed by atoms with E-state index < -0.39 is 17.7 Å². The van der Waals surface area contributed by atoms with Gasteiger partial charge in [-0.1, -0.05) is 12.1 Å². The molecule has 1 atom stereocenters. The van der Waals surface area contributed by atoms with Gasteiger partial charge < -0.3 is 5.32 Å². The van der Waals surface area contributed by atoms with Gasteiger partial charge in [-0.3, -0.25) is 0 Å². The van der Waals surface area contributed by atoms with Crippen LogP contribution in [-0.2, 0) is 0 Å². The van der Waals surface area contributed by atoms with E-state index in [0.29, 0.717) is 5.75 Å². The van der Waals surface area contributed by atoms with Crippen LogP contribution in [0.15, 0.2) is 50.2 Å². The summed E-state index contributed by atoms with van der Waals surface area (Å²) in [5, 5.41) is 2.98. The van der Waals surface area contributed by atoms with E-state index in [2.05, 4.69) is 37.2 Å². The second kappa shape index (κ2) is 7.72. The third-order valence-corrected chi connectivity index (χ3v) is 5.75. The lowest BCUT2D eigenvalue weighted by molar-refractivity contribution is 0.510. The number of nitrogens with one attached hydrogen (secondary N) is 1. The summed E-state index contributed by atoms with van der Waals surface area (Å²) >= 11 is 8.11. The van der Waals surface area contributed by atoms with Crippen molar-refractivity contribution in [2.24, 2.45) is 0 Å². The van der Waals surface area contributed by atoms with E-state index in [1.165, 1.54) is 23.9 Å². The summed E-state index contributed by atoms with van der Waals surface area (Å²) in [6, 6.07) is 10.0. The van der Waals surface area contributed by atoms with Crippen LogP contribution in [0.3, 0.4) is 0 Å². The SMILES string of the molecule is CNC(CSc1ccccc1Br)c1c(F)ccc(Br)c1F. The molecule has 0 heterocycles. The summed E-state index contributed by atoms with van der Waals surface area (Å²) in [6.45, 7) is 0. The van der Waals surface area contributed by atoms with Gasteiger partial charge >= 0.3 is 0 Å². The maximum Gasteiger partial charge on any atom is 0.145 e. The smallest absolute Gasteiger partial charge is 0.145 e. The van der Waals surface area contributed by atoms with Crippen LogP contribution in [0.4, 0.5) is 8.78 Å². The van der Waals surface area contributed by atoms with Crippen molar-refractivity contribution in [1.82, 2.24) is 5.32 Å². The Morgan fingerprint density at radius 2 is 1.81 bits per heavy atom. The molecule has 0 aliphatic rings. The van der Waals surface area contributed by atoms with E-state index in [0.717, 1.165) is 9.37 Å². The highest BCUT2D eigenvalue weighted by Gasteiger charge is 2.21. The zero-order valence-electron chi connectivity index (χ0n) is 11.2. The second-order valence-corrected chi connectivity index (χ2v) is 7.11. The van der Waals surface area contributed by atoms with Gasteiger partial charge in [0.15, 0.2) is 0 Å². The third kappa shape index (κ3) is 4.06. The molecule has 0 radical (unpaired) electrons. The molecular formula is C15H13Br2F2NS. The maximum atomic E-state index is 14.2. The summed E-state index contributed by atoms with van der Waals surface area (Å²) in [5.41, 5.74) is 0.0615. The Morgan fingerprint density at radius 3 is 2.48 bits per heavy atom. The van der Waals surface area contributed by atoms with Crippen molar-refractivity contribution in [2.45, 2.75) is 10.9 Å². The summed E-state index contributed by atoms with van der Waals surface area (Å²) < 4.78 is 29.4. The molecule has 1 unspecified atom stereocenters. The van der Waals surface area contributed by atoms with Crippen molar-refractivity contribution in [1.29, 1.82) is 0 Å². The first kappa shape index (κ1) is 16.9. The minimum Gasteiger partial charge on any atom is -0.312 e. The molecule has 0 spiro atoms. The van der Waals surface area contributed by atoms with Gasteiger partial charge in [0.1, 0.15) is 11.6 Å². The molecule has 2 aromatic carbocycles. The first-order valence-electron chi connectivity index (χ1n) is 6.22. The lowest BCUT2D eigenvalue weighted by Crippen LogP contribution is -2.21. The molecule has 1 nitrogen and oxygen atoms in total. The standard InChI is InChI=1S/C15H13Br2F2NS/c1-20-12(8-21-13-5-3-2-4-9(13)16)14-11(18)7-6-10(17)15(14)19/h2-7,12,20H,8H2,1H3. The van der Waals surface area contributed by atoms with E-state index in [4.69, 9.17) is 0 Å². The van der Waals surface area contributed by atoms with E-state index in [1.54, 1.807) is 7.05 Å². The van der Waals surface area contributed by atoms with Crippen molar-refractivity contribution in [2.75, 3.05) is 12.8 Å². The first-order chi connectivity index (χ1) is 10.0. The minimum atomic E-state index is -0.554. The fourth-order valence-corrected chi connectivity index (χ4v) is 3.94. The average molecular weight is 437 g/mol. The number of hydrogen-bond donors (Lipinski definition) is 1. The lowest BCUT2D eigenvalue weighted by atomic mass is 10.1. The van der Waals surface area contributed by atoms with Gasteiger partial charge in [-0.15, -0.1) is 11.8 Å². The highest BCUT2D eigenvalue weighted by molar-refractivity contribution is 9.10. The molecular weight excluding hydrogens is 424 g/mol. The van der Waals surface area contributed by atoms with E-state index in [1.807, 2.05) is 24.3 Å². The van der Waals surface area contributed by atoms with E-state index in [-0.39, 0.29) is 10.0 Å². The quantitative estimate of drug-likeness (QED) is 0.487. The number of thioether (sulfide) groups is 1. The lowest BCUT2D eigenvalue weighted by Gasteiger charge is -2.18. The fourth-order valence-electron chi connectivity index (χ4n) is 1.91. The number of benzene rings is 2. The molecule has 112 valence electrons. The summed E-state index contributed by atoms with van der Waals surface area (Å²) in [5.74, 6) is -0.575. The molecule has 0 saturated heterocycles. The zero-order valence-corrected chi connectivity index (χ0v) is 15.2. The van der Waals surface area contributed by atoms with E-state index in [9.17, 15) is 8.78 Å². The van der Waals surface area contributed by atoms with Crippen molar-refractivity contribution in [3.8, 4) is 0 Å². The molecule has 0 saturated carbocycles.